The van der Waals surface area contributed by atoms with E-state index in [1.165, 1.54) is 11.1 Å². The number of aryl methyl sites for hydroxylation is 1. The lowest BCUT2D eigenvalue weighted by Gasteiger charge is -2.28. The number of hydrogen-bond donors (Lipinski definition) is 1. The van der Waals surface area contributed by atoms with Crippen LogP contribution < -0.4 is 4.90 Å². The zero-order valence-electron chi connectivity index (χ0n) is 11.2. The van der Waals surface area contributed by atoms with Crippen molar-refractivity contribution in [1.29, 1.82) is 0 Å². The van der Waals surface area contributed by atoms with Crippen LogP contribution in [0.4, 0.5) is 5.88 Å². The highest BCUT2D eigenvalue weighted by Crippen LogP contribution is 2.26. The van der Waals surface area contributed by atoms with E-state index in [-0.39, 0.29) is 6.42 Å². The van der Waals surface area contributed by atoms with Crippen LogP contribution in [0, 0.1) is 0 Å². The lowest BCUT2D eigenvalue weighted by Crippen LogP contribution is -2.29. The molecule has 0 amide bonds. The van der Waals surface area contributed by atoms with Crippen LogP contribution in [0.3, 0.4) is 0 Å². The molecule has 3 rings (SSSR count). The largest absolute Gasteiger partial charge is 0.481 e. The molecule has 4 heteroatoms. The Bertz CT molecular complexity index is 618. The van der Waals surface area contributed by atoms with Crippen molar-refractivity contribution in [2.24, 2.45) is 0 Å². The van der Waals surface area contributed by atoms with Gasteiger partial charge >= 0.3 is 5.97 Å². The number of carboxylic acid groups (broad SMARTS) is 1. The fourth-order valence-corrected chi connectivity index (χ4v) is 2.58. The van der Waals surface area contributed by atoms with Gasteiger partial charge in [0.15, 0.2) is 5.88 Å². The molecular weight excluding hydrogens is 254 g/mol. The third-order valence-corrected chi connectivity index (χ3v) is 3.68. The Morgan fingerprint density at radius 3 is 2.80 bits per heavy atom. The number of furan rings is 1. The van der Waals surface area contributed by atoms with Crippen LogP contribution >= 0.6 is 0 Å². The van der Waals surface area contributed by atoms with E-state index in [9.17, 15) is 4.79 Å². The minimum Gasteiger partial charge on any atom is -0.481 e. The molecule has 0 aliphatic carbocycles. The monoisotopic (exact) mass is 271 g/mol. The number of anilines is 1. The van der Waals surface area contributed by atoms with E-state index < -0.39 is 5.97 Å². The van der Waals surface area contributed by atoms with Gasteiger partial charge in [0.25, 0.3) is 0 Å². The topological polar surface area (TPSA) is 53.7 Å². The van der Waals surface area contributed by atoms with Crippen molar-refractivity contribution in [1.82, 2.24) is 0 Å². The molecule has 2 heterocycles. The Kier molecular flexibility index (Phi) is 3.46. The van der Waals surface area contributed by atoms with Gasteiger partial charge in [-0.3, -0.25) is 4.79 Å². The SMILES string of the molecule is O=C(O)CCc1ccc(N2CCc3ccccc3C2)o1. The van der Waals surface area contributed by atoms with Gasteiger partial charge in [0.05, 0.1) is 6.42 Å². The summed E-state index contributed by atoms with van der Waals surface area (Å²) in [6.45, 7) is 1.78. The van der Waals surface area contributed by atoms with Crippen molar-refractivity contribution >= 4 is 11.9 Å². The number of fused-ring (bicyclic) bond motifs is 1. The minimum atomic E-state index is -0.796. The van der Waals surface area contributed by atoms with Gasteiger partial charge in [-0.2, -0.15) is 0 Å². The van der Waals surface area contributed by atoms with Crippen molar-refractivity contribution in [2.45, 2.75) is 25.8 Å². The molecule has 0 unspecified atom stereocenters. The van der Waals surface area contributed by atoms with E-state index in [1.54, 1.807) is 0 Å². The van der Waals surface area contributed by atoms with Gasteiger partial charge in [-0.1, -0.05) is 24.3 Å². The average Bonchev–Trinajstić information content (AvgIpc) is 2.93. The number of nitrogens with zero attached hydrogens (tertiary/aromatic N) is 1. The van der Waals surface area contributed by atoms with Gasteiger partial charge in [0.1, 0.15) is 5.76 Å². The molecule has 1 aliphatic heterocycles. The molecule has 2 aromatic rings. The van der Waals surface area contributed by atoms with Crippen molar-refractivity contribution < 1.29 is 14.3 Å². The summed E-state index contributed by atoms with van der Waals surface area (Å²) in [4.78, 5) is 12.8. The molecule has 1 aromatic heterocycles. The fraction of sp³-hybridized carbons (Fsp3) is 0.312. The zero-order valence-corrected chi connectivity index (χ0v) is 11.2. The first-order chi connectivity index (χ1) is 9.72. The maximum atomic E-state index is 10.6. The summed E-state index contributed by atoms with van der Waals surface area (Å²) >= 11 is 0. The molecule has 20 heavy (non-hydrogen) atoms. The third-order valence-electron chi connectivity index (χ3n) is 3.68. The van der Waals surface area contributed by atoms with Crippen molar-refractivity contribution in [2.75, 3.05) is 11.4 Å². The van der Waals surface area contributed by atoms with Crippen molar-refractivity contribution in [3.63, 3.8) is 0 Å². The molecule has 0 fully saturated rings. The second-order valence-corrected chi connectivity index (χ2v) is 5.07. The summed E-state index contributed by atoms with van der Waals surface area (Å²) in [5.74, 6) is 0.774. The summed E-state index contributed by atoms with van der Waals surface area (Å²) < 4.78 is 5.75. The first-order valence-electron chi connectivity index (χ1n) is 6.84. The van der Waals surface area contributed by atoms with Crippen LogP contribution in [-0.4, -0.2) is 17.6 Å². The average molecular weight is 271 g/mol. The zero-order chi connectivity index (χ0) is 13.9. The molecular formula is C16H17NO3. The van der Waals surface area contributed by atoms with Crippen LogP contribution in [0.2, 0.25) is 0 Å². The number of benzene rings is 1. The molecule has 1 N–H and O–H groups in total. The molecule has 0 saturated heterocycles. The molecule has 1 aliphatic rings. The molecule has 0 bridgehead atoms. The predicted octanol–water partition coefficient (Wildman–Crippen LogP) is 2.86. The van der Waals surface area contributed by atoms with E-state index in [0.717, 1.165) is 31.2 Å². The van der Waals surface area contributed by atoms with E-state index in [4.69, 9.17) is 9.52 Å². The molecule has 0 saturated carbocycles. The van der Waals surface area contributed by atoms with Crippen LogP contribution in [0.5, 0.6) is 0 Å². The smallest absolute Gasteiger partial charge is 0.303 e. The molecule has 1 aromatic carbocycles. The predicted molar refractivity (Wildman–Crippen MR) is 75.9 cm³/mol. The number of hydrogen-bond acceptors (Lipinski definition) is 3. The highest BCUT2D eigenvalue weighted by molar-refractivity contribution is 5.66. The molecule has 104 valence electrons. The number of rotatable bonds is 4. The van der Waals surface area contributed by atoms with E-state index in [1.807, 2.05) is 12.1 Å². The van der Waals surface area contributed by atoms with Crippen LogP contribution in [0.15, 0.2) is 40.8 Å². The minimum absolute atomic E-state index is 0.107. The maximum Gasteiger partial charge on any atom is 0.303 e. The van der Waals surface area contributed by atoms with Gasteiger partial charge < -0.3 is 14.4 Å². The lowest BCUT2D eigenvalue weighted by atomic mass is 10.0. The quantitative estimate of drug-likeness (QED) is 0.929. The Hall–Kier alpha value is -2.23. The second-order valence-electron chi connectivity index (χ2n) is 5.07. The molecule has 0 atom stereocenters. The first kappa shape index (κ1) is 12.8. The number of aliphatic carboxylic acids is 1. The first-order valence-corrected chi connectivity index (χ1v) is 6.84. The summed E-state index contributed by atoms with van der Waals surface area (Å²) in [7, 11) is 0. The van der Waals surface area contributed by atoms with Gasteiger partial charge in [0, 0.05) is 25.6 Å². The van der Waals surface area contributed by atoms with E-state index in [2.05, 4.69) is 29.2 Å². The summed E-state index contributed by atoms with van der Waals surface area (Å²) in [5.41, 5.74) is 2.74. The standard InChI is InChI=1S/C16H17NO3/c18-16(19)8-6-14-5-7-15(20-14)17-10-9-12-3-1-2-4-13(12)11-17/h1-5,7H,6,8-11H2,(H,18,19). The second kappa shape index (κ2) is 5.41. The Morgan fingerprint density at radius 2 is 2.00 bits per heavy atom. The van der Waals surface area contributed by atoms with Crippen LogP contribution in [-0.2, 0) is 24.2 Å². The van der Waals surface area contributed by atoms with Gasteiger partial charge in [-0.05, 0) is 23.6 Å². The number of carboxylic acids is 1. The molecule has 0 spiro atoms. The lowest BCUT2D eigenvalue weighted by molar-refractivity contribution is -0.137. The summed E-state index contributed by atoms with van der Waals surface area (Å²) in [6, 6.07) is 12.3. The summed E-state index contributed by atoms with van der Waals surface area (Å²) in [6.07, 6.45) is 1.57. The normalized spacial score (nSPS) is 14.1. The Morgan fingerprint density at radius 1 is 1.20 bits per heavy atom. The Labute approximate surface area is 117 Å². The Balaban J connectivity index is 1.70. The highest BCUT2D eigenvalue weighted by atomic mass is 16.4. The molecule has 4 nitrogen and oxygen atoms in total. The van der Waals surface area contributed by atoms with E-state index >= 15 is 0 Å². The third kappa shape index (κ3) is 2.69. The maximum absolute atomic E-state index is 10.6. The van der Waals surface area contributed by atoms with Gasteiger partial charge in [-0.15, -0.1) is 0 Å². The molecule has 0 radical (unpaired) electrons. The van der Waals surface area contributed by atoms with Gasteiger partial charge in [0.2, 0.25) is 0 Å². The van der Waals surface area contributed by atoms with Crippen LogP contribution in [0.25, 0.3) is 0 Å². The van der Waals surface area contributed by atoms with Crippen LogP contribution in [0.1, 0.15) is 23.3 Å². The van der Waals surface area contributed by atoms with Gasteiger partial charge in [-0.25, -0.2) is 0 Å². The number of carbonyl (C=O) groups is 1. The summed E-state index contributed by atoms with van der Waals surface area (Å²) in [5, 5.41) is 8.69. The van der Waals surface area contributed by atoms with Crippen molar-refractivity contribution in [3.8, 4) is 0 Å². The highest BCUT2D eigenvalue weighted by Gasteiger charge is 2.18. The fourth-order valence-electron chi connectivity index (χ4n) is 2.58. The van der Waals surface area contributed by atoms with Crippen molar-refractivity contribution in [3.05, 3.63) is 53.3 Å². The van der Waals surface area contributed by atoms with E-state index in [0.29, 0.717) is 6.42 Å².